The van der Waals surface area contributed by atoms with E-state index in [1.54, 1.807) is 0 Å². The Kier molecular flexibility index (Phi) is 3.36. The predicted molar refractivity (Wildman–Crippen MR) is 58.0 cm³/mol. The zero-order valence-corrected chi connectivity index (χ0v) is 9.72. The third kappa shape index (κ3) is 3.28. The number of likely N-dealkylation sites (N-methyl/N-ethyl adjacent to an activating group) is 1. The Labute approximate surface area is 82.7 Å². The van der Waals surface area contributed by atoms with Crippen LogP contribution in [0.25, 0.3) is 0 Å². The van der Waals surface area contributed by atoms with Crippen molar-refractivity contribution in [3.8, 4) is 0 Å². The number of rotatable bonds is 2. The second-order valence-corrected chi connectivity index (χ2v) is 5.46. The highest BCUT2D eigenvalue weighted by atomic mass is 15.2. The lowest BCUT2D eigenvalue weighted by molar-refractivity contribution is 0.109. The lowest BCUT2D eigenvalue weighted by Crippen LogP contribution is -2.60. The fourth-order valence-electron chi connectivity index (χ4n) is 2.17. The van der Waals surface area contributed by atoms with Gasteiger partial charge in [0.1, 0.15) is 0 Å². The van der Waals surface area contributed by atoms with Gasteiger partial charge in [-0.25, -0.2) is 0 Å². The maximum absolute atomic E-state index is 3.60. The molecule has 0 saturated carbocycles. The summed E-state index contributed by atoms with van der Waals surface area (Å²) in [6, 6.07) is 0.730. The van der Waals surface area contributed by atoms with Crippen LogP contribution in [-0.2, 0) is 0 Å². The van der Waals surface area contributed by atoms with Gasteiger partial charge in [-0.1, -0.05) is 13.8 Å². The average Bonchev–Trinajstić information content (AvgIpc) is 1.93. The largest absolute Gasteiger partial charge is 0.309 e. The van der Waals surface area contributed by atoms with E-state index < -0.39 is 0 Å². The Morgan fingerprint density at radius 2 is 2.08 bits per heavy atom. The van der Waals surface area contributed by atoms with Crippen LogP contribution in [0.15, 0.2) is 0 Å². The first-order chi connectivity index (χ1) is 5.91. The van der Waals surface area contributed by atoms with Gasteiger partial charge < -0.3 is 10.2 Å². The molecule has 1 saturated heterocycles. The maximum Gasteiger partial charge on any atom is 0.0252 e. The summed E-state index contributed by atoms with van der Waals surface area (Å²) >= 11 is 0. The first-order valence-corrected chi connectivity index (χ1v) is 5.36. The molecule has 1 atom stereocenters. The van der Waals surface area contributed by atoms with Crippen molar-refractivity contribution < 1.29 is 0 Å². The molecule has 1 fully saturated rings. The first-order valence-electron chi connectivity index (χ1n) is 5.36. The highest BCUT2D eigenvalue weighted by Crippen LogP contribution is 2.17. The topological polar surface area (TPSA) is 15.3 Å². The molecule has 1 heterocycles. The van der Waals surface area contributed by atoms with Gasteiger partial charge in [-0.2, -0.15) is 0 Å². The minimum atomic E-state index is 0.294. The van der Waals surface area contributed by atoms with E-state index in [0.29, 0.717) is 5.54 Å². The van der Waals surface area contributed by atoms with Crippen molar-refractivity contribution in [3.63, 3.8) is 0 Å². The molecular weight excluding hydrogens is 160 g/mol. The van der Waals surface area contributed by atoms with Gasteiger partial charge in [0, 0.05) is 24.7 Å². The minimum Gasteiger partial charge on any atom is -0.309 e. The van der Waals surface area contributed by atoms with Crippen molar-refractivity contribution in [2.45, 2.75) is 45.7 Å². The summed E-state index contributed by atoms with van der Waals surface area (Å²) in [6.45, 7) is 11.4. The molecule has 1 unspecified atom stereocenters. The van der Waals surface area contributed by atoms with Crippen molar-refractivity contribution >= 4 is 0 Å². The Balaban J connectivity index is 2.44. The molecule has 0 bridgehead atoms. The van der Waals surface area contributed by atoms with E-state index in [4.69, 9.17) is 0 Å². The summed E-state index contributed by atoms with van der Waals surface area (Å²) in [7, 11) is 2.25. The van der Waals surface area contributed by atoms with Crippen LogP contribution < -0.4 is 5.32 Å². The van der Waals surface area contributed by atoms with Gasteiger partial charge in [0.15, 0.2) is 0 Å². The van der Waals surface area contributed by atoms with Crippen molar-refractivity contribution in [3.05, 3.63) is 0 Å². The van der Waals surface area contributed by atoms with Gasteiger partial charge in [-0.15, -0.1) is 0 Å². The Bertz CT molecular complexity index is 163. The summed E-state index contributed by atoms with van der Waals surface area (Å²) in [5.41, 5.74) is 0.294. The fraction of sp³-hybridized carbons (Fsp3) is 1.00. The van der Waals surface area contributed by atoms with Crippen molar-refractivity contribution in [1.29, 1.82) is 0 Å². The van der Waals surface area contributed by atoms with E-state index in [9.17, 15) is 0 Å². The zero-order valence-electron chi connectivity index (χ0n) is 9.72. The molecule has 1 rings (SSSR count). The SMILES string of the molecule is CC(C)CC1CNC(C)(C)CN1C. The third-order valence-corrected chi connectivity index (χ3v) is 2.83. The zero-order chi connectivity index (χ0) is 10.1. The second kappa shape index (κ2) is 3.97. The monoisotopic (exact) mass is 184 g/mol. The van der Waals surface area contributed by atoms with Gasteiger partial charge in [0.05, 0.1) is 0 Å². The standard InChI is InChI=1S/C11H24N2/c1-9(2)6-10-7-12-11(3,4)8-13(10)5/h9-10,12H,6-8H2,1-5H3. The molecule has 2 heteroatoms. The molecule has 0 aromatic heterocycles. The number of hydrogen-bond acceptors (Lipinski definition) is 2. The molecule has 1 N–H and O–H groups in total. The molecular formula is C11H24N2. The summed E-state index contributed by atoms with van der Waals surface area (Å²) < 4.78 is 0. The van der Waals surface area contributed by atoms with Crippen LogP contribution in [0, 0.1) is 5.92 Å². The van der Waals surface area contributed by atoms with Gasteiger partial charge in [0.2, 0.25) is 0 Å². The molecule has 0 aromatic carbocycles. The van der Waals surface area contributed by atoms with E-state index in [1.807, 2.05) is 0 Å². The summed E-state index contributed by atoms with van der Waals surface area (Å²) in [5, 5.41) is 3.60. The van der Waals surface area contributed by atoms with Crippen molar-refractivity contribution in [2.24, 2.45) is 5.92 Å². The Morgan fingerprint density at radius 1 is 1.46 bits per heavy atom. The van der Waals surface area contributed by atoms with Gasteiger partial charge >= 0.3 is 0 Å². The third-order valence-electron chi connectivity index (χ3n) is 2.83. The predicted octanol–water partition coefficient (Wildman–Crippen LogP) is 1.71. The second-order valence-electron chi connectivity index (χ2n) is 5.46. The van der Waals surface area contributed by atoms with Crippen LogP contribution >= 0.6 is 0 Å². The fourth-order valence-corrected chi connectivity index (χ4v) is 2.17. The van der Waals surface area contributed by atoms with E-state index >= 15 is 0 Å². The average molecular weight is 184 g/mol. The highest BCUT2D eigenvalue weighted by Gasteiger charge is 2.29. The Morgan fingerprint density at radius 3 is 2.54 bits per heavy atom. The van der Waals surface area contributed by atoms with Crippen LogP contribution in [0.5, 0.6) is 0 Å². The van der Waals surface area contributed by atoms with Gasteiger partial charge in [-0.3, -0.25) is 0 Å². The molecule has 1 aliphatic rings. The maximum atomic E-state index is 3.60. The lowest BCUT2D eigenvalue weighted by Gasteiger charge is -2.43. The van der Waals surface area contributed by atoms with E-state index in [1.165, 1.54) is 6.42 Å². The summed E-state index contributed by atoms with van der Waals surface area (Å²) in [6.07, 6.45) is 1.31. The first kappa shape index (κ1) is 11.0. The highest BCUT2D eigenvalue weighted by molar-refractivity contribution is 4.90. The summed E-state index contributed by atoms with van der Waals surface area (Å²) in [4.78, 5) is 2.50. The molecule has 13 heavy (non-hydrogen) atoms. The van der Waals surface area contributed by atoms with Crippen LogP contribution in [0.4, 0.5) is 0 Å². The van der Waals surface area contributed by atoms with Crippen molar-refractivity contribution in [1.82, 2.24) is 10.2 Å². The van der Waals surface area contributed by atoms with Crippen LogP contribution in [0.2, 0.25) is 0 Å². The van der Waals surface area contributed by atoms with E-state index in [-0.39, 0.29) is 0 Å². The number of nitrogens with one attached hydrogen (secondary N) is 1. The molecule has 2 nitrogen and oxygen atoms in total. The number of piperazine rings is 1. The lowest BCUT2D eigenvalue weighted by atomic mass is 9.95. The van der Waals surface area contributed by atoms with Crippen LogP contribution in [0.1, 0.15) is 34.1 Å². The molecule has 0 amide bonds. The van der Waals surface area contributed by atoms with Crippen molar-refractivity contribution in [2.75, 3.05) is 20.1 Å². The number of nitrogens with zero attached hydrogens (tertiary/aromatic N) is 1. The van der Waals surface area contributed by atoms with E-state index in [2.05, 4.69) is 45.0 Å². The number of hydrogen-bond donors (Lipinski definition) is 1. The van der Waals surface area contributed by atoms with Gasteiger partial charge in [0.25, 0.3) is 0 Å². The van der Waals surface area contributed by atoms with Crippen LogP contribution in [0.3, 0.4) is 0 Å². The quantitative estimate of drug-likeness (QED) is 0.703. The molecule has 78 valence electrons. The van der Waals surface area contributed by atoms with Gasteiger partial charge in [-0.05, 0) is 33.2 Å². The molecule has 1 aliphatic heterocycles. The summed E-state index contributed by atoms with van der Waals surface area (Å²) in [5.74, 6) is 0.801. The smallest absolute Gasteiger partial charge is 0.0252 e. The molecule has 0 aliphatic carbocycles. The Hall–Kier alpha value is -0.0800. The molecule has 0 aromatic rings. The van der Waals surface area contributed by atoms with E-state index in [0.717, 1.165) is 25.0 Å². The molecule has 0 radical (unpaired) electrons. The molecule has 0 spiro atoms. The van der Waals surface area contributed by atoms with Crippen LogP contribution in [-0.4, -0.2) is 36.6 Å². The minimum absolute atomic E-state index is 0.294. The normalized spacial score (nSPS) is 29.5.